The molecule has 0 unspecified atom stereocenters. The molecule has 0 spiro atoms. The molecule has 0 aromatic carbocycles. The van der Waals surface area contributed by atoms with Gasteiger partial charge in [-0.25, -0.2) is 24.9 Å². The van der Waals surface area contributed by atoms with E-state index in [0.29, 0.717) is 134 Å². The van der Waals surface area contributed by atoms with E-state index in [9.17, 15) is 39.6 Å². The normalized spacial score (nSPS) is 11.5. The zero-order chi connectivity index (χ0) is 52.6. The third-order valence-corrected chi connectivity index (χ3v) is 13.3. The van der Waals surface area contributed by atoms with Gasteiger partial charge in [0.05, 0.1) is 56.7 Å². The number of hydrogen-bond acceptors (Lipinski definition) is 13. The van der Waals surface area contributed by atoms with Crippen LogP contribution in [0.5, 0.6) is 0 Å². The second-order valence-corrected chi connectivity index (χ2v) is 18.2. The molecule has 2 N–H and O–H groups in total. The smallest absolute Gasteiger partial charge is 0.657 e. The Hall–Kier alpha value is -5.53. The van der Waals surface area contributed by atoms with Crippen LogP contribution in [0.2, 0.25) is 0 Å². The molecule has 4 aliphatic rings. The van der Waals surface area contributed by atoms with Crippen molar-refractivity contribution in [2.75, 3.05) is 0 Å². The first kappa shape index (κ1) is 64.6. The van der Waals surface area contributed by atoms with E-state index in [4.69, 9.17) is 29.9 Å². The summed E-state index contributed by atoms with van der Waals surface area (Å²) in [7, 11) is 1.84. The van der Waals surface area contributed by atoms with Crippen molar-refractivity contribution < 1.29 is 177 Å². The van der Waals surface area contributed by atoms with Crippen LogP contribution in [0.1, 0.15) is 105 Å². The number of carboxylic acids is 4. The summed E-state index contributed by atoms with van der Waals surface area (Å²) in [5, 5.41) is 47.8. The maximum Gasteiger partial charge on any atom is 2.00 e. The Labute approximate surface area is 564 Å². The molecule has 4 aliphatic heterocycles. The fourth-order valence-electron chi connectivity index (χ4n) is 9.62. The van der Waals surface area contributed by atoms with E-state index in [0.717, 1.165) is 0 Å². The number of aliphatic carboxylic acids is 4. The van der Waals surface area contributed by atoms with Crippen molar-refractivity contribution in [1.29, 1.82) is 0 Å². The van der Waals surface area contributed by atoms with Crippen molar-refractivity contribution >= 4 is 117 Å². The number of imidazole rings is 1. The van der Waals surface area contributed by atoms with E-state index < -0.39 is 23.9 Å². The monoisotopic (exact) mass is 1160 g/mol. The molecule has 7 aromatic heterocycles. The number of carboxylic acid groups (broad SMARTS) is 4. The average molecular weight is 1160 g/mol. The maximum atomic E-state index is 12.0. The largest absolute Gasteiger partial charge is 2.00 e. The van der Waals surface area contributed by atoms with Crippen molar-refractivity contribution in [2.24, 2.45) is 7.05 Å². The summed E-state index contributed by atoms with van der Waals surface area (Å²) in [5.74, 6) is 2.28. The Balaban J connectivity index is 0.00000211. The van der Waals surface area contributed by atoms with Crippen molar-refractivity contribution in [3.05, 3.63) is 146 Å². The number of nitrogens with one attached hydrogen (secondary N) is 2. The minimum atomic E-state index is -1.26. The van der Waals surface area contributed by atoms with Gasteiger partial charge in [0.1, 0.15) is 5.82 Å². The van der Waals surface area contributed by atoms with Crippen LogP contribution in [-0.4, -0.2) is 63.3 Å². The number of H-pyrrole nitrogens is 2. The number of nitrogens with zero attached hydrogens (tertiary/aromatic N) is 8. The number of aromatic amines is 2. The molecule has 0 amide bonds. The van der Waals surface area contributed by atoms with Crippen LogP contribution in [0.25, 0.3) is 104 Å². The van der Waals surface area contributed by atoms with Crippen molar-refractivity contribution in [3.63, 3.8) is 0 Å². The van der Waals surface area contributed by atoms with Gasteiger partial charge >= 0.3 is 138 Å². The molecule has 376 valence electrons. The number of aryl methyl sites for hydroxylation is 5. The molecule has 11 rings (SSSR count). The summed E-state index contributed by atoms with van der Waals surface area (Å²) in [5.41, 5.74) is 11.5. The molecule has 18 nitrogen and oxygen atoms in total. The first-order chi connectivity index (χ1) is 36.8. The Kier molecular flexibility index (Phi) is 22.5. The summed E-state index contributed by atoms with van der Waals surface area (Å²) in [6, 6.07) is 16.3. The molecule has 81 heavy (non-hydrogen) atoms. The summed E-state index contributed by atoms with van der Waals surface area (Å²) in [4.78, 5) is 89.5. The quantitative estimate of drug-likeness (QED) is 0.0801. The van der Waals surface area contributed by atoms with Gasteiger partial charge in [-0.05, 0) is 147 Å². The second kappa shape index (κ2) is 28.2. The van der Waals surface area contributed by atoms with Crippen molar-refractivity contribution in [3.8, 4) is 23.2 Å². The molecule has 23 heteroatoms. The minimum absolute atomic E-state index is 0. The van der Waals surface area contributed by atoms with Gasteiger partial charge in [0.25, 0.3) is 0 Å². The van der Waals surface area contributed by atoms with Crippen LogP contribution in [0.15, 0.2) is 67.0 Å². The average Bonchev–Trinajstić information content (AvgIpc) is 4.29. The number of fused-ring (bicyclic) bond motifs is 16. The Bertz CT molecular complexity index is 3980. The molecular weight excluding hydrogens is 1120 g/mol. The van der Waals surface area contributed by atoms with E-state index in [-0.39, 0.29) is 189 Å². The Morgan fingerprint density at radius 1 is 0.481 bits per heavy atom. The Morgan fingerprint density at radius 3 is 1.25 bits per heavy atom. The molecule has 0 aliphatic carbocycles. The molecule has 16 bridgehead atoms. The van der Waals surface area contributed by atoms with Crippen LogP contribution in [0, 0.1) is 11.8 Å². The van der Waals surface area contributed by atoms with Crippen molar-refractivity contribution in [1.82, 2.24) is 49.4 Å². The summed E-state index contributed by atoms with van der Waals surface area (Å²) < 4.78 is 1.83. The molecule has 0 saturated carbocycles. The van der Waals surface area contributed by atoms with E-state index in [2.05, 4.69) is 26.8 Å². The van der Waals surface area contributed by atoms with Gasteiger partial charge in [-0.15, -0.1) is 22.1 Å². The molecule has 0 atom stereocenters. The molecular formula is C58H40N10Na4O8Zn. The third kappa shape index (κ3) is 14.3. The summed E-state index contributed by atoms with van der Waals surface area (Å²) in [6.45, 7) is 0. The van der Waals surface area contributed by atoms with Crippen molar-refractivity contribution in [2.45, 2.75) is 51.4 Å². The number of rotatable bonds is 13. The number of carbonyl (C=O) groups is 4. The SMILES string of the molecule is Cn1ccnc1-c1c2nc(c(CCC(=O)[O-])c3ccc([n-]3)c(C#Cc3c4nc(c(CCC(=O)[O-])c5ccc(cc6ccc([nH]6)c(CCC(=O)[O-])c6nc3C=C6)[nH]5)C=C4)c3ccc([n-]3)c(CCC(=O)[O-])c3nc1C=C3)C=C2.[Na+].[Na+].[Na+].[Na+].[Zn+2]. The van der Waals surface area contributed by atoms with Crippen LogP contribution in [0.3, 0.4) is 0 Å². The number of carbonyl (C=O) groups excluding carboxylic acids is 4. The first-order valence-corrected chi connectivity index (χ1v) is 24.3. The van der Waals surface area contributed by atoms with Gasteiger partial charge in [0.15, 0.2) is 0 Å². The van der Waals surface area contributed by atoms with E-state index in [1.165, 1.54) is 0 Å². The van der Waals surface area contributed by atoms with Crippen LogP contribution < -0.4 is 149 Å². The van der Waals surface area contributed by atoms with E-state index in [1.54, 1.807) is 85.3 Å². The summed E-state index contributed by atoms with van der Waals surface area (Å²) >= 11 is 0. The van der Waals surface area contributed by atoms with E-state index in [1.807, 2.05) is 41.9 Å². The predicted molar refractivity (Wildman–Crippen MR) is 277 cm³/mol. The van der Waals surface area contributed by atoms with Gasteiger partial charge in [-0.1, -0.05) is 36.1 Å². The van der Waals surface area contributed by atoms with Gasteiger partial charge < -0.3 is 64.1 Å². The first-order valence-electron chi connectivity index (χ1n) is 24.3. The standard InChI is InChI=1S/C58H46N10O8.4Na.Zn/c1-68-29-28-59-58(68)57-51-22-20-49(66-51)37(8-26-55(73)74)47-18-14-43(64-47)34(44-15-19-48(65-44)38(9-27-56(75)76)50-21-23-52(57)67-50)5-4-33-41-12-16-45(62-41)35(6-24-53(69)70)39-10-2-31(60-39)30-32-3-11-40(61-32)36(7-25-54(71)72)46-17-13-42(33)63-46;;;;;/h2-3,10-23,28-30H,6-9,24-27H2,1H3,(H8,59,60,61,62,63,64,65,66,67,69,70,71,72,73,74,75,76);;;;;/q;4*+1;+2/p-6. The number of aromatic nitrogens is 10. The fourth-order valence-corrected chi connectivity index (χ4v) is 9.62. The minimum Gasteiger partial charge on any atom is -0.657 e. The Morgan fingerprint density at radius 2 is 0.840 bits per heavy atom. The zero-order valence-electron chi connectivity index (χ0n) is 45.2. The van der Waals surface area contributed by atoms with Gasteiger partial charge in [-0.3, -0.25) is 0 Å². The zero-order valence-corrected chi connectivity index (χ0v) is 56.1. The van der Waals surface area contributed by atoms with Gasteiger partial charge in [0.2, 0.25) is 0 Å². The van der Waals surface area contributed by atoms with Crippen LogP contribution >= 0.6 is 0 Å². The molecule has 0 radical (unpaired) electrons. The summed E-state index contributed by atoms with van der Waals surface area (Å²) in [6.07, 6.45) is 16.7. The maximum absolute atomic E-state index is 12.0. The number of hydrogen-bond donors (Lipinski definition) is 2. The van der Waals surface area contributed by atoms with E-state index >= 15 is 0 Å². The van der Waals surface area contributed by atoms with Gasteiger partial charge in [-0.2, -0.15) is 0 Å². The third-order valence-electron chi connectivity index (χ3n) is 13.3. The molecule has 7 aromatic rings. The van der Waals surface area contributed by atoms with Gasteiger partial charge in [0, 0.05) is 76.5 Å². The topological polar surface area (TPSA) is 290 Å². The second-order valence-electron chi connectivity index (χ2n) is 18.2. The molecule has 11 heterocycles. The fraction of sp³-hybridized carbons (Fsp3) is 0.155. The van der Waals surface area contributed by atoms with Crippen LogP contribution in [-0.2, 0) is 71.4 Å². The molecule has 0 fully saturated rings. The molecule has 0 saturated heterocycles. The predicted octanol–water partition coefficient (Wildman–Crippen LogP) is -8.57. The van der Waals surface area contributed by atoms with Crippen LogP contribution in [0.4, 0.5) is 0 Å².